The SMILES string of the molecule is Brc1ccnc([C@@H]2CCN(Cc3ccccc3)C2)c1. The van der Waals surface area contributed by atoms with Crippen molar-refractivity contribution >= 4 is 15.9 Å². The first-order valence-corrected chi connectivity index (χ1v) is 7.48. The highest BCUT2D eigenvalue weighted by molar-refractivity contribution is 9.10. The summed E-state index contributed by atoms with van der Waals surface area (Å²) >= 11 is 3.52. The van der Waals surface area contributed by atoms with Gasteiger partial charge in [-0.2, -0.15) is 0 Å². The number of rotatable bonds is 3. The summed E-state index contributed by atoms with van der Waals surface area (Å²) in [6.07, 6.45) is 3.09. The van der Waals surface area contributed by atoms with E-state index in [1.54, 1.807) is 0 Å². The van der Waals surface area contributed by atoms with Gasteiger partial charge < -0.3 is 0 Å². The van der Waals surface area contributed by atoms with Crippen LogP contribution < -0.4 is 0 Å². The van der Waals surface area contributed by atoms with Gasteiger partial charge in [-0.15, -0.1) is 0 Å². The van der Waals surface area contributed by atoms with Crippen LogP contribution in [0.4, 0.5) is 0 Å². The van der Waals surface area contributed by atoms with Crippen molar-refractivity contribution in [1.82, 2.24) is 9.88 Å². The third-order valence-electron chi connectivity index (χ3n) is 3.68. The lowest BCUT2D eigenvalue weighted by molar-refractivity contribution is 0.326. The van der Waals surface area contributed by atoms with Crippen LogP contribution in [0.1, 0.15) is 23.6 Å². The maximum absolute atomic E-state index is 4.51. The highest BCUT2D eigenvalue weighted by Crippen LogP contribution is 2.28. The Kier molecular flexibility index (Phi) is 3.95. The van der Waals surface area contributed by atoms with E-state index in [4.69, 9.17) is 0 Å². The van der Waals surface area contributed by atoms with Crippen molar-refractivity contribution in [3.05, 3.63) is 64.4 Å². The molecule has 98 valence electrons. The third kappa shape index (κ3) is 3.23. The van der Waals surface area contributed by atoms with Gasteiger partial charge in [0.15, 0.2) is 0 Å². The van der Waals surface area contributed by atoms with Crippen LogP contribution in [0, 0.1) is 0 Å². The molecule has 0 amide bonds. The molecule has 3 heteroatoms. The molecule has 1 aliphatic rings. The average Bonchev–Trinajstić information content (AvgIpc) is 2.88. The van der Waals surface area contributed by atoms with Crippen molar-refractivity contribution in [2.45, 2.75) is 18.9 Å². The van der Waals surface area contributed by atoms with E-state index in [9.17, 15) is 0 Å². The van der Waals surface area contributed by atoms with E-state index in [0.717, 1.165) is 24.1 Å². The quantitative estimate of drug-likeness (QED) is 0.855. The summed E-state index contributed by atoms with van der Waals surface area (Å²) < 4.78 is 1.12. The zero-order chi connectivity index (χ0) is 13.1. The van der Waals surface area contributed by atoms with Gasteiger partial charge in [0.1, 0.15) is 0 Å². The highest BCUT2D eigenvalue weighted by atomic mass is 79.9. The van der Waals surface area contributed by atoms with E-state index in [-0.39, 0.29) is 0 Å². The average molecular weight is 317 g/mol. The number of pyridine rings is 1. The summed E-state index contributed by atoms with van der Waals surface area (Å²) in [6.45, 7) is 3.32. The molecule has 1 aliphatic heterocycles. The van der Waals surface area contributed by atoms with Gasteiger partial charge in [0.25, 0.3) is 0 Å². The normalized spacial score (nSPS) is 19.7. The topological polar surface area (TPSA) is 16.1 Å². The molecule has 1 fully saturated rings. The highest BCUT2D eigenvalue weighted by Gasteiger charge is 2.24. The second-order valence-corrected chi connectivity index (χ2v) is 6.02. The first kappa shape index (κ1) is 12.8. The smallest absolute Gasteiger partial charge is 0.0459 e. The molecule has 19 heavy (non-hydrogen) atoms. The molecule has 0 N–H and O–H groups in total. The predicted octanol–water partition coefficient (Wildman–Crippen LogP) is 3.83. The lowest BCUT2D eigenvalue weighted by Gasteiger charge is -2.16. The Bertz CT molecular complexity index is 541. The molecule has 0 bridgehead atoms. The van der Waals surface area contributed by atoms with Crippen molar-refractivity contribution in [1.29, 1.82) is 0 Å². The Morgan fingerprint density at radius 3 is 2.84 bits per heavy atom. The summed E-state index contributed by atoms with van der Waals surface area (Å²) in [7, 11) is 0. The van der Waals surface area contributed by atoms with Gasteiger partial charge in [0, 0.05) is 35.4 Å². The number of aromatic nitrogens is 1. The molecule has 0 radical (unpaired) electrons. The summed E-state index contributed by atoms with van der Waals surface area (Å²) in [4.78, 5) is 7.02. The number of hydrogen-bond donors (Lipinski definition) is 0. The fraction of sp³-hybridized carbons (Fsp3) is 0.312. The standard InChI is InChI=1S/C16H17BrN2/c17-15-6-8-18-16(10-15)14-7-9-19(12-14)11-13-4-2-1-3-5-13/h1-6,8,10,14H,7,9,11-12H2/t14-/m1/s1. The van der Waals surface area contributed by atoms with Gasteiger partial charge >= 0.3 is 0 Å². The van der Waals surface area contributed by atoms with E-state index in [0.29, 0.717) is 5.92 Å². The fourth-order valence-corrected chi connectivity index (χ4v) is 3.06. The number of hydrogen-bond acceptors (Lipinski definition) is 2. The molecule has 1 aromatic carbocycles. The van der Waals surface area contributed by atoms with Crippen LogP contribution in [0.3, 0.4) is 0 Å². The third-order valence-corrected chi connectivity index (χ3v) is 4.18. The van der Waals surface area contributed by atoms with Crippen LogP contribution in [-0.2, 0) is 6.54 Å². The number of halogens is 1. The molecule has 3 rings (SSSR count). The molecule has 0 spiro atoms. The Morgan fingerprint density at radius 2 is 2.05 bits per heavy atom. The van der Waals surface area contributed by atoms with Crippen LogP contribution in [0.2, 0.25) is 0 Å². The van der Waals surface area contributed by atoms with Gasteiger partial charge in [0.2, 0.25) is 0 Å². The number of likely N-dealkylation sites (tertiary alicyclic amines) is 1. The van der Waals surface area contributed by atoms with Crippen molar-refractivity contribution < 1.29 is 0 Å². The Labute approximate surface area is 122 Å². The van der Waals surface area contributed by atoms with E-state index in [1.165, 1.54) is 17.7 Å². The van der Waals surface area contributed by atoms with E-state index in [1.807, 2.05) is 12.3 Å². The number of benzene rings is 1. The first-order chi connectivity index (χ1) is 9.31. The van der Waals surface area contributed by atoms with E-state index >= 15 is 0 Å². The maximum Gasteiger partial charge on any atom is 0.0459 e. The van der Waals surface area contributed by atoms with Crippen LogP contribution in [-0.4, -0.2) is 23.0 Å². The second-order valence-electron chi connectivity index (χ2n) is 5.11. The van der Waals surface area contributed by atoms with Crippen molar-refractivity contribution in [2.75, 3.05) is 13.1 Å². The Morgan fingerprint density at radius 1 is 1.21 bits per heavy atom. The zero-order valence-corrected chi connectivity index (χ0v) is 12.4. The van der Waals surface area contributed by atoms with Gasteiger partial charge in [-0.3, -0.25) is 9.88 Å². The monoisotopic (exact) mass is 316 g/mol. The second kappa shape index (κ2) is 5.85. The molecule has 0 aliphatic carbocycles. The largest absolute Gasteiger partial charge is 0.298 e. The van der Waals surface area contributed by atoms with Gasteiger partial charge in [0.05, 0.1) is 0 Å². The van der Waals surface area contributed by atoms with Crippen LogP contribution >= 0.6 is 15.9 Å². The van der Waals surface area contributed by atoms with Crippen molar-refractivity contribution in [3.63, 3.8) is 0 Å². The minimum Gasteiger partial charge on any atom is -0.298 e. The lowest BCUT2D eigenvalue weighted by atomic mass is 10.0. The summed E-state index contributed by atoms with van der Waals surface area (Å²) in [6, 6.07) is 14.8. The van der Waals surface area contributed by atoms with Crippen LogP contribution in [0.5, 0.6) is 0 Å². The molecule has 2 aromatic rings. The van der Waals surface area contributed by atoms with E-state index in [2.05, 4.69) is 62.2 Å². The first-order valence-electron chi connectivity index (χ1n) is 6.69. The molecule has 1 aromatic heterocycles. The van der Waals surface area contributed by atoms with Crippen LogP contribution in [0.15, 0.2) is 53.1 Å². The molecule has 1 saturated heterocycles. The predicted molar refractivity (Wildman–Crippen MR) is 81.0 cm³/mol. The fourth-order valence-electron chi connectivity index (χ4n) is 2.70. The zero-order valence-electron chi connectivity index (χ0n) is 10.8. The molecular formula is C16H17BrN2. The summed E-state index contributed by atoms with van der Waals surface area (Å²) in [5.41, 5.74) is 2.61. The Hall–Kier alpha value is -1.19. The van der Waals surface area contributed by atoms with Gasteiger partial charge in [-0.25, -0.2) is 0 Å². The minimum absolute atomic E-state index is 0.571. The maximum atomic E-state index is 4.51. The molecule has 0 unspecified atom stereocenters. The van der Waals surface area contributed by atoms with Crippen molar-refractivity contribution in [2.24, 2.45) is 0 Å². The molecule has 0 saturated carbocycles. The minimum atomic E-state index is 0.571. The Balaban J connectivity index is 1.64. The van der Waals surface area contributed by atoms with Crippen molar-refractivity contribution in [3.8, 4) is 0 Å². The van der Waals surface area contributed by atoms with E-state index < -0.39 is 0 Å². The summed E-state index contributed by atoms with van der Waals surface area (Å²) in [5.74, 6) is 0.571. The molecule has 1 atom stereocenters. The number of nitrogens with zero attached hydrogens (tertiary/aromatic N) is 2. The van der Waals surface area contributed by atoms with Crippen LogP contribution in [0.25, 0.3) is 0 Å². The molecular weight excluding hydrogens is 300 g/mol. The molecule has 2 nitrogen and oxygen atoms in total. The van der Waals surface area contributed by atoms with Gasteiger partial charge in [-0.05, 0) is 30.7 Å². The summed E-state index contributed by atoms with van der Waals surface area (Å²) in [5, 5.41) is 0. The lowest BCUT2D eigenvalue weighted by Crippen LogP contribution is -2.19. The molecule has 2 heterocycles. The van der Waals surface area contributed by atoms with Gasteiger partial charge in [-0.1, -0.05) is 46.3 Å².